The lowest BCUT2D eigenvalue weighted by Gasteiger charge is -2.00. The highest BCUT2D eigenvalue weighted by Crippen LogP contribution is 2.12. The molecule has 0 aliphatic carbocycles. The minimum atomic E-state index is -0.339. The van der Waals surface area contributed by atoms with Crippen LogP contribution in [-0.2, 0) is 4.79 Å². The van der Waals surface area contributed by atoms with E-state index >= 15 is 0 Å². The van der Waals surface area contributed by atoms with Crippen molar-refractivity contribution < 1.29 is 14.4 Å². The van der Waals surface area contributed by atoms with Crippen LogP contribution in [0.4, 0.5) is 0 Å². The van der Waals surface area contributed by atoms with E-state index in [1.165, 1.54) is 6.92 Å². The maximum Gasteiger partial charge on any atom is 0.308 e. The first-order valence-corrected chi connectivity index (χ1v) is 5.78. The Labute approximate surface area is 111 Å². The van der Waals surface area contributed by atoms with Crippen LogP contribution in [-0.4, -0.2) is 12.2 Å². The zero-order valence-corrected chi connectivity index (χ0v) is 10.4. The maximum atomic E-state index is 10.8. The van der Waals surface area contributed by atoms with Crippen molar-refractivity contribution in [3.8, 4) is 11.5 Å². The van der Waals surface area contributed by atoms with Crippen molar-refractivity contribution in [2.75, 3.05) is 0 Å². The molecule has 0 saturated heterocycles. The van der Waals surface area contributed by atoms with Crippen LogP contribution in [0.25, 0.3) is 0 Å². The molecule has 0 aliphatic heterocycles. The van der Waals surface area contributed by atoms with E-state index in [0.29, 0.717) is 11.5 Å². The summed E-state index contributed by atoms with van der Waals surface area (Å²) in [5.74, 6) is 0.845. The van der Waals surface area contributed by atoms with Gasteiger partial charge >= 0.3 is 5.97 Å². The van der Waals surface area contributed by atoms with Gasteiger partial charge in [-0.2, -0.15) is 0 Å². The summed E-state index contributed by atoms with van der Waals surface area (Å²) in [6.45, 7) is 1.36. The van der Waals surface area contributed by atoms with Gasteiger partial charge in [0, 0.05) is 6.92 Å². The second-order valence-electron chi connectivity index (χ2n) is 3.80. The van der Waals surface area contributed by atoms with Crippen molar-refractivity contribution in [3.63, 3.8) is 0 Å². The highest BCUT2D eigenvalue weighted by molar-refractivity contribution is 5.79. The molecule has 19 heavy (non-hydrogen) atoms. The highest BCUT2D eigenvalue weighted by atomic mass is 16.6. The normalized spacial score (nSPS) is 10.4. The Hall–Kier alpha value is -2.62. The molecule has 0 fully saturated rings. The number of esters is 1. The summed E-state index contributed by atoms with van der Waals surface area (Å²) in [7, 11) is 0. The minimum Gasteiger partial charge on any atom is -0.427 e. The van der Waals surface area contributed by atoms with Crippen molar-refractivity contribution >= 4 is 12.2 Å². The van der Waals surface area contributed by atoms with Crippen LogP contribution in [0.1, 0.15) is 12.5 Å². The zero-order chi connectivity index (χ0) is 13.5. The molecule has 4 heteroatoms. The van der Waals surface area contributed by atoms with Crippen LogP contribution in [0, 0.1) is 0 Å². The number of carbonyl (C=O) groups excluding carboxylic acids is 1. The number of benzene rings is 2. The summed E-state index contributed by atoms with van der Waals surface area (Å²) in [6.07, 6.45) is 1.59. The van der Waals surface area contributed by atoms with Crippen LogP contribution < -0.4 is 9.57 Å². The summed E-state index contributed by atoms with van der Waals surface area (Å²) >= 11 is 0. The highest BCUT2D eigenvalue weighted by Gasteiger charge is 1.97. The molecule has 0 bridgehead atoms. The molecule has 2 aromatic carbocycles. The van der Waals surface area contributed by atoms with Gasteiger partial charge in [0.05, 0.1) is 6.21 Å². The number of hydrogen-bond acceptors (Lipinski definition) is 4. The van der Waals surface area contributed by atoms with E-state index < -0.39 is 0 Å². The Balaban J connectivity index is 1.94. The summed E-state index contributed by atoms with van der Waals surface area (Å²) < 4.78 is 4.93. The SMILES string of the molecule is CC(=O)Oc1ccc(/C=N/Oc2ccccc2)cc1. The van der Waals surface area contributed by atoms with E-state index in [9.17, 15) is 4.79 Å². The Morgan fingerprint density at radius 2 is 1.68 bits per heavy atom. The van der Waals surface area contributed by atoms with E-state index in [2.05, 4.69) is 5.16 Å². The van der Waals surface area contributed by atoms with Gasteiger partial charge in [-0.3, -0.25) is 4.79 Å². The molecule has 0 spiro atoms. The van der Waals surface area contributed by atoms with E-state index in [4.69, 9.17) is 9.57 Å². The Morgan fingerprint density at radius 1 is 1.00 bits per heavy atom. The summed E-state index contributed by atoms with van der Waals surface area (Å²) in [6, 6.07) is 16.3. The van der Waals surface area contributed by atoms with Crippen LogP contribution >= 0.6 is 0 Å². The number of ether oxygens (including phenoxy) is 1. The van der Waals surface area contributed by atoms with E-state index in [1.807, 2.05) is 30.3 Å². The van der Waals surface area contributed by atoms with Crippen LogP contribution in [0.15, 0.2) is 59.8 Å². The largest absolute Gasteiger partial charge is 0.427 e. The summed E-state index contributed by atoms with van der Waals surface area (Å²) in [4.78, 5) is 15.9. The monoisotopic (exact) mass is 255 g/mol. The first kappa shape index (κ1) is 12.8. The number of para-hydroxylation sites is 1. The molecule has 0 heterocycles. The number of hydrogen-bond donors (Lipinski definition) is 0. The average Bonchev–Trinajstić information content (AvgIpc) is 2.41. The molecule has 2 rings (SSSR count). The molecule has 0 aromatic heterocycles. The van der Waals surface area contributed by atoms with Crippen molar-refractivity contribution in [1.82, 2.24) is 0 Å². The predicted octanol–water partition coefficient (Wildman–Crippen LogP) is 3.02. The van der Waals surface area contributed by atoms with Crippen LogP contribution in [0.2, 0.25) is 0 Å². The molecule has 0 N–H and O–H groups in total. The lowest BCUT2D eigenvalue weighted by atomic mass is 10.2. The van der Waals surface area contributed by atoms with Gasteiger partial charge in [0.1, 0.15) is 5.75 Å². The van der Waals surface area contributed by atoms with Gasteiger partial charge in [0.15, 0.2) is 5.75 Å². The standard InChI is InChI=1S/C15H13NO3/c1-12(17)18-14-9-7-13(8-10-14)11-16-19-15-5-3-2-4-6-15/h2-11H,1H3/b16-11+. The Kier molecular flexibility index (Phi) is 4.29. The lowest BCUT2D eigenvalue weighted by Crippen LogP contribution is -2.01. The summed E-state index contributed by atoms with van der Waals surface area (Å²) in [5.41, 5.74) is 0.854. The molecule has 96 valence electrons. The van der Waals surface area contributed by atoms with Gasteiger partial charge in [0.2, 0.25) is 0 Å². The van der Waals surface area contributed by atoms with Crippen molar-refractivity contribution in [2.24, 2.45) is 5.16 Å². The molecule has 0 amide bonds. The first-order valence-electron chi connectivity index (χ1n) is 5.78. The third-order valence-electron chi connectivity index (χ3n) is 2.24. The molecule has 2 aromatic rings. The first-order chi connectivity index (χ1) is 9.24. The van der Waals surface area contributed by atoms with Gasteiger partial charge in [-0.05, 0) is 42.0 Å². The quantitative estimate of drug-likeness (QED) is 0.365. The second-order valence-corrected chi connectivity index (χ2v) is 3.80. The van der Waals surface area contributed by atoms with E-state index in [-0.39, 0.29) is 5.97 Å². The average molecular weight is 255 g/mol. The fourth-order valence-corrected chi connectivity index (χ4v) is 1.42. The van der Waals surface area contributed by atoms with Crippen molar-refractivity contribution in [3.05, 3.63) is 60.2 Å². The Bertz CT molecular complexity index is 562. The third-order valence-corrected chi connectivity index (χ3v) is 2.24. The predicted molar refractivity (Wildman–Crippen MR) is 72.4 cm³/mol. The molecular formula is C15H13NO3. The van der Waals surface area contributed by atoms with E-state index in [0.717, 1.165) is 5.56 Å². The van der Waals surface area contributed by atoms with Crippen LogP contribution in [0.3, 0.4) is 0 Å². The zero-order valence-electron chi connectivity index (χ0n) is 10.4. The van der Waals surface area contributed by atoms with E-state index in [1.54, 1.807) is 30.5 Å². The van der Waals surface area contributed by atoms with Gasteiger partial charge in [0.25, 0.3) is 0 Å². The maximum absolute atomic E-state index is 10.8. The number of rotatable bonds is 4. The molecule has 0 unspecified atom stereocenters. The van der Waals surface area contributed by atoms with Crippen LogP contribution in [0.5, 0.6) is 11.5 Å². The lowest BCUT2D eigenvalue weighted by molar-refractivity contribution is -0.131. The molecule has 0 aliphatic rings. The molecule has 0 radical (unpaired) electrons. The summed E-state index contributed by atoms with van der Waals surface area (Å²) in [5, 5.41) is 3.87. The fourth-order valence-electron chi connectivity index (χ4n) is 1.42. The minimum absolute atomic E-state index is 0.339. The molecular weight excluding hydrogens is 242 g/mol. The molecule has 0 saturated carbocycles. The smallest absolute Gasteiger partial charge is 0.308 e. The molecule has 0 atom stereocenters. The van der Waals surface area contributed by atoms with Crippen molar-refractivity contribution in [1.29, 1.82) is 0 Å². The molecule has 4 nitrogen and oxygen atoms in total. The van der Waals surface area contributed by atoms with Gasteiger partial charge < -0.3 is 9.57 Å². The van der Waals surface area contributed by atoms with Gasteiger partial charge in [-0.1, -0.05) is 23.4 Å². The third kappa shape index (κ3) is 4.27. The fraction of sp³-hybridized carbons (Fsp3) is 0.0667. The number of oxime groups is 1. The number of nitrogens with zero attached hydrogens (tertiary/aromatic N) is 1. The van der Waals surface area contributed by atoms with Gasteiger partial charge in [-0.25, -0.2) is 0 Å². The Morgan fingerprint density at radius 3 is 2.32 bits per heavy atom. The number of carbonyl (C=O) groups is 1. The van der Waals surface area contributed by atoms with Gasteiger partial charge in [-0.15, -0.1) is 0 Å². The topological polar surface area (TPSA) is 47.9 Å². The second kappa shape index (κ2) is 6.35. The van der Waals surface area contributed by atoms with Crippen molar-refractivity contribution in [2.45, 2.75) is 6.92 Å².